The van der Waals surface area contributed by atoms with E-state index in [1.807, 2.05) is 6.92 Å². The highest BCUT2D eigenvalue weighted by molar-refractivity contribution is 7.85. The highest BCUT2D eigenvalue weighted by atomic mass is 32.2. The molecule has 0 aliphatic heterocycles. The van der Waals surface area contributed by atoms with Gasteiger partial charge in [0.1, 0.15) is 6.73 Å². The van der Waals surface area contributed by atoms with E-state index in [-0.39, 0.29) is 31.4 Å². The van der Waals surface area contributed by atoms with Crippen LogP contribution in [0.25, 0.3) is 0 Å². The van der Waals surface area contributed by atoms with Gasteiger partial charge in [-0.2, -0.15) is 8.42 Å². The van der Waals surface area contributed by atoms with Crippen LogP contribution in [0.1, 0.15) is 106 Å². The van der Waals surface area contributed by atoms with Gasteiger partial charge in [-0.25, -0.2) is 0 Å². The Balaban J connectivity index is 5.51. The van der Waals surface area contributed by atoms with Gasteiger partial charge in [0, 0.05) is 18.4 Å². The minimum Gasteiger partial charge on any atom is -0.465 e. The minimum absolute atomic E-state index is 0.0940. The van der Waals surface area contributed by atoms with Gasteiger partial charge >= 0.3 is 5.97 Å². The molecule has 0 spiro atoms. The number of rotatable bonds is 22. The number of hydrogen-bond acceptors (Lipinski definition) is 7. The van der Waals surface area contributed by atoms with Gasteiger partial charge in [0.15, 0.2) is 0 Å². The van der Waals surface area contributed by atoms with Crippen molar-refractivity contribution in [2.24, 2.45) is 23.7 Å². The summed E-state index contributed by atoms with van der Waals surface area (Å²) in [5, 5.41) is 5.42. The zero-order chi connectivity index (χ0) is 30.1. The number of hydrogen-bond donors (Lipinski definition) is 3. The standard InChI is InChI=1S/C28H54N2O8S/c1-8-12-14-22(10-3)18-38-27(33)24(16-21(5)25(31)29-20-37-15-13-9-2)17-23(11-4)26(32)30-28(6,7)19-39(34,35)36/h21-24H,8-20H2,1-7H3,(H,29,31)(H,30,32)(H,34,35,36). The smallest absolute Gasteiger partial charge is 0.308 e. The van der Waals surface area contributed by atoms with Crippen molar-refractivity contribution < 1.29 is 36.8 Å². The Morgan fingerprint density at radius 2 is 1.56 bits per heavy atom. The summed E-state index contributed by atoms with van der Waals surface area (Å²) in [6.45, 7) is 13.7. The first kappa shape index (κ1) is 37.3. The number of amides is 2. The highest BCUT2D eigenvalue weighted by Gasteiger charge is 2.34. The van der Waals surface area contributed by atoms with Crippen LogP contribution in [0.4, 0.5) is 0 Å². The summed E-state index contributed by atoms with van der Waals surface area (Å²) in [6.07, 6.45) is 6.60. The average molecular weight is 579 g/mol. The predicted molar refractivity (Wildman–Crippen MR) is 152 cm³/mol. The van der Waals surface area contributed by atoms with Gasteiger partial charge in [-0.1, -0.05) is 60.3 Å². The summed E-state index contributed by atoms with van der Waals surface area (Å²) in [5.74, 6) is -3.31. The molecule has 0 bridgehead atoms. The highest BCUT2D eigenvalue weighted by Crippen LogP contribution is 2.26. The van der Waals surface area contributed by atoms with E-state index in [0.29, 0.717) is 19.6 Å². The molecule has 0 aromatic heterocycles. The van der Waals surface area contributed by atoms with Gasteiger partial charge in [0.25, 0.3) is 10.1 Å². The van der Waals surface area contributed by atoms with Crippen molar-refractivity contribution in [1.82, 2.24) is 10.6 Å². The van der Waals surface area contributed by atoms with E-state index in [1.165, 1.54) is 13.8 Å². The summed E-state index contributed by atoms with van der Waals surface area (Å²) in [7, 11) is -4.30. The topological polar surface area (TPSA) is 148 Å². The van der Waals surface area contributed by atoms with E-state index in [1.54, 1.807) is 6.92 Å². The molecule has 4 unspecified atom stereocenters. The van der Waals surface area contributed by atoms with Crippen LogP contribution in [0.3, 0.4) is 0 Å². The van der Waals surface area contributed by atoms with Gasteiger partial charge in [-0.3, -0.25) is 18.9 Å². The average Bonchev–Trinajstić information content (AvgIpc) is 2.84. The van der Waals surface area contributed by atoms with Crippen LogP contribution in [-0.4, -0.2) is 62.0 Å². The van der Waals surface area contributed by atoms with E-state index in [0.717, 1.165) is 38.5 Å². The van der Waals surface area contributed by atoms with E-state index in [4.69, 9.17) is 9.47 Å². The number of nitrogens with one attached hydrogen (secondary N) is 2. The molecule has 0 radical (unpaired) electrons. The molecule has 3 N–H and O–H groups in total. The lowest BCUT2D eigenvalue weighted by molar-refractivity contribution is -0.152. The van der Waals surface area contributed by atoms with E-state index >= 15 is 0 Å². The molecule has 0 aromatic rings. The van der Waals surface area contributed by atoms with Gasteiger partial charge < -0.3 is 20.1 Å². The van der Waals surface area contributed by atoms with Crippen LogP contribution >= 0.6 is 0 Å². The molecule has 0 saturated heterocycles. The third kappa shape index (κ3) is 17.6. The zero-order valence-electron chi connectivity index (χ0n) is 25.2. The molecule has 39 heavy (non-hydrogen) atoms. The Morgan fingerprint density at radius 1 is 0.923 bits per heavy atom. The fourth-order valence-corrected chi connectivity index (χ4v) is 5.37. The van der Waals surface area contributed by atoms with Crippen molar-refractivity contribution in [2.45, 2.75) is 112 Å². The summed E-state index contributed by atoms with van der Waals surface area (Å²) in [5.41, 5.74) is -1.20. The lowest BCUT2D eigenvalue weighted by Crippen LogP contribution is -2.50. The van der Waals surface area contributed by atoms with Crippen LogP contribution < -0.4 is 10.6 Å². The Bertz CT molecular complexity index is 831. The molecule has 0 rings (SSSR count). The van der Waals surface area contributed by atoms with Crippen molar-refractivity contribution in [3.8, 4) is 0 Å². The summed E-state index contributed by atoms with van der Waals surface area (Å²) < 4.78 is 43.1. The molecule has 0 fully saturated rings. The van der Waals surface area contributed by atoms with Crippen molar-refractivity contribution >= 4 is 27.9 Å². The van der Waals surface area contributed by atoms with Crippen LogP contribution in [-0.2, 0) is 34.0 Å². The fourth-order valence-electron chi connectivity index (χ4n) is 4.38. The Morgan fingerprint density at radius 3 is 2.10 bits per heavy atom. The number of esters is 1. The molecule has 0 aromatic carbocycles. The molecular weight excluding hydrogens is 524 g/mol. The number of carbonyl (C=O) groups excluding carboxylic acids is 3. The first-order valence-electron chi connectivity index (χ1n) is 14.5. The number of ether oxygens (including phenoxy) is 2. The van der Waals surface area contributed by atoms with Crippen molar-refractivity contribution in [1.29, 1.82) is 0 Å². The molecule has 230 valence electrons. The first-order valence-corrected chi connectivity index (χ1v) is 16.1. The first-order chi connectivity index (χ1) is 18.2. The van der Waals surface area contributed by atoms with Crippen LogP contribution in [0.5, 0.6) is 0 Å². The Labute approximate surface area is 236 Å². The molecular formula is C28H54N2O8S. The van der Waals surface area contributed by atoms with Crippen LogP contribution in [0.2, 0.25) is 0 Å². The molecule has 0 heterocycles. The van der Waals surface area contributed by atoms with E-state index in [9.17, 15) is 27.4 Å². The third-order valence-corrected chi connectivity index (χ3v) is 7.94. The largest absolute Gasteiger partial charge is 0.465 e. The summed E-state index contributed by atoms with van der Waals surface area (Å²) in [6, 6.07) is 0. The second-order valence-electron chi connectivity index (χ2n) is 11.3. The summed E-state index contributed by atoms with van der Waals surface area (Å²) in [4.78, 5) is 39.0. The predicted octanol–water partition coefficient (Wildman–Crippen LogP) is 4.48. The normalized spacial score (nSPS) is 15.2. The van der Waals surface area contributed by atoms with E-state index < -0.39 is 51.0 Å². The molecule has 0 aliphatic rings. The maximum Gasteiger partial charge on any atom is 0.308 e. The second kappa shape index (κ2) is 19.4. The molecule has 2 amide bonds. The van der Waals surface area contributed by atoms with Gasteiger partial charge in [0.2, 0.25) is 11.8 Å². The maximum atomic E-state index is 13.3. The Hall–Kier alpha value is -1.72. The lowest BCUT2D eigenvalue weighted by Gasteiger charge is -2.29. The molecule has 0 aliphatic carbocycles. The maximum absolute atomic E-state index is 13.3. The monoisotopic (exact) mass is 578 g/mol. The minimum atomic E-state index is -4.30. The van der Waals surface area contributed by atoms with Crippen molar-refractivity contribution in [3.05, 3.63) is 0 Å². The molecule has 0 saturated carbocycles. The zero-order valence-corrected chi connectivity index (χ0v) is 26.0. The Kier molecular flexibility index (Phi) is 18.5. The van der Waals surface area contributed by atoms with Gasteiger partial charge in [0.05, 0.1) is 23.8 Å². The molecule has 11 heteroatoms. The van der Waals surface area contributed by atoms with Gasteiger partial charge in [-0.05, 0) is 51.9 Å². The fraction of sp³-hybridized carbons (Fsp3) is 0.893. The number of unbranched alkanes of at least 4 members (excludes halogenated alkanes) is 2. The third-order valence-electron chi connectivity index (χ3n) is 6.85. The van der Waals surface area contributed by atoms with Crippen LogP contribution in [0.15, 0.2) is 0 Å². The van der Waals surface area contributed by atoms with Crippen molar-refractivity contribution in [3.63, 3.8) is 0 Å². The quantitative estimate of drug-likeness (QED) is 0.0737. The lowest BCUT2D eigenvalue weighted by atomic mass is 9.85. The SMILES string of the molecule is CCCCOCNC(=O)C(C)CC(CC(CC)C(=O)NC(C)(C)CS(=O)(=O)O)C(=O)OCC(CC)CCCC. The summed E-state index contributed by atoms with van der Waals surface area (Å²) >= 11 is 0. The second-order valence-corrected chi connectivity index (χ2v) is 12.7. The van der Waals surface area contributed by atoms with Crippen LogP contribution in [0, 0.1) is 23.7 Å². The van der Waals surface area contributed by atoms with Crippen molar-refractivity contribution in [2.75, 3.05) is 25.7 Å². The van der Waals surface area contributed by atoms with Gasteiger partial charge in [-0.15, -0.1) is 0 Å². The molecule has 4 atom stereocenters. The molecule has 10 nitrogen and oxygen atoms in total. The number of carbonyl (C=O) groups is 3. The van der Waals surface area contributed by atoms with E-state index in [2.05, 4.69) is 31.4 Å².